The van der Waals surface area contributed by atoms with Crippen molar-refractivity contribution in [1.82, 2.24) is 5.32 Å². The Kier molecular flexibility index (Phi) is 6.21. The lowest BCUT2D eigenvalue weighted by molar-refractivity contribution is -0.385. The average Bonchev–Trinajstić information content (AvgIpc) is 2.66. The predicted octanol–water partition coefficient (Wildman–Crippen LogP) is 1.21. The fourth-order valence-corrected chi connectivity index (χ4v) is 2.45. The van der Waals surface area contributed by atoms with E-state index in [0.717, 1.165) is 0 Å². The van der Waals surface area contributed by atoms with Gasteiger partial charge in [0.1, 0.15) is 6.04 Å². The molecule has 2 aromatic carbocycles. The third-order valence-electron chi connectivity index (χ3n) is 3.81. The standard InChI is InChI=1S/C18H17N3O6/c1-27-18(24)13-7-4-6-12(9-13)17(23)20-14(16(19)22)10-11-5-2-3-8-15(11)21(25)26/h2-9,14H,10H2,1H3,(H2,19,22)(H,20,23)/t14-/m0/s1. The molecule has 9 nitrogen and oxygen atoms in total. The van der Waals surface area contributed by atoms with Gasteiger partial charge in [-0.05, 0) is 18.2 Å². The third-order valence-corrected chi connectivity index (χ3v) is 3.81. The number of amides is 2. The van der Waals surface area contributed by atoms with E-state index in [1.165, 1.54) is 49.6 Å². The van der Waals surface area contributed by atoms with Crippen molar-refractivity contribution >= 4 is 23.5 Å². The number of nitrogens with two attached hydrogens (primary N) is 1. The van der Waals surface area contributed by atoms with Crippen LogP contribution in [0.5, 0.6) is 0 Å². The minimum atomic E-state index is -1.17. The topological polar surface area (TPSA) is 142 Å². The molecule has 0 bridgehead atoms. The van der Waals surface area contributed by atoms with Gasteiger partial charge in [0, 0.05) is 23.6 Å². The van der Waals surface area contributed by atoms with E-state index in [0.29, 0.717) is 0 Å². The summed E-state index contributed by atoms with van der Waals surface area (Å²) >= 11 is 0. The van der Waals surface area contributed by atoms with Gasteiger partial charge in [-0.2, -0.15) is 0 Å². The molecule has 0 aliphatic rings. The third kappa shape index (κ3) is 4.88. The van der Waals surface area contributed by atoms with Crippen LogP contribution in [0, 0.1) is 10.1 Å². The highest BCUT2D eigenvalue weighted by atomic mass is 16.6. The van der Waals surface area contributed by atoms with Gasteiger partial charge < -0.3 is 15.8 Å². The highest BCUT2D eigenvalue weighted by Gasteiger charge is 2.24. The molecule has 0 heterocycles. The van der Waals surface area contributed by atoms with Gasteiger partial charge in [0.25, 0.3) is 11.6 Å². The molecule has 27 heavy (non-hydrogen) atoms. The molecule has 2 aromatic rings. The van der Waals surface area contributed by atoms with Gasteiger partial charge in [-0.3, -0.25) is 19.7 Å². The first-order valence-electron chi connectivity index (χ1n) is 7.84. The number of nitrogens with zero attached hydrogens (tertiary/aromatic N) is 1. The van der Waals surface area contributed by atoms with Gasteiger partial charge in [0.15, 0.2) is 0 Å². The van der Waals surface area contributed by atoms with E-state index in [4.69, 9.17) is 5.73 Å². The summed E-state index contributed by atoms with van der Waals surface area (Å²) in [6.07, 6.45) is -0.144. The van der Waals surface area contributed by atoms with Crippen molar-refractivity contribution in [1.29, 1.82) is 0 Å². The Morgan fingerprint density at radius 3 is 2.44 bits per heavy atom. The molecular weight excluding hydrogens is 354 g/mol. The first kappa shape index (κ1) is 19.6. The van der Waals surface area contributed by atoms with Crippen LogP contribution in [-0.4, -0.2) is 35.9 Å². The molecule has 2 rings (SSSR count). The normalized spacial score (nSPS) is 11.3. The first-order valence-corrected chi connectivity index (χ1v) is 7.84. The number of ether oxygens (including phenoxy) is 1. The molecule has 1 atom stereocenters. The zero-order valence-corrected chi connectivity index (χ0v) is 14.4. The highest BCUT2D eigenvalue weighted by molar-refractivity contribution is 5.99. The zero-order chi connectivity index (χ0) is 20.0. The highest BCUT2D eigenvalue weighted by Crippen LogP contribution is 2.19. The number of nitrogens with one attached hydrogen (secondary N) is 1. The maximum atomic E-state index is 12.4. The molecule has 0 saturated carbocycles. The van der Waals surface area contributed by atoms with E-state index in [2.05, 4.69) is 10.1 Å². The molecule has 0 fully saturated rings. The minimum absolute atomic E-state index is 0.117. The van der Waals surface area contributed by atoms with Crippen molar-refractivity contribution < 1.29 is 24.0 Å². The molecule has 0 aromatic heterocycles. The largest absolute Gasteiger partial charge is 0.465 e. The molecule has 0 unspecified atom stereocenters. The Morgan fingerprint density at radius 2 is 1.81 bits per heavy atom. The molecular formula is C18H17N3O6. The molecule has 0 aliphatic heterocycles. The van der Waals surface area contributed by atoms with E-state index in [1.54, 1.807) is 6.07 Å². The summed E-state index contributed by atoms with van der Waals surface area (Å²) in [5, 5.41) is 13.5. The maximum absolute atomic E-state index is 12.4. The number of hydrogen-bond donors (Lipinski definition) is 2. The summed E-state index contributed by atoms with van der Waals surface area (Å²) in [5.41, 5.74) is 5.71. The quantitative estimate of drug-likeness (QED) is 0.425. The second-order valence-corrected chi connectivity index (χ2v) is 5.59. The number of methoxy groups -OCH3 is 1. The lowest BCUT2D eigenvalue weighted by Gasteiger charge is -2.16. The lowest BCUT2D eigenvalue weighted by atomic mass is 10.0. The van der Waals surface area contributed by atoms with E-state index in [9.17, 15) is 24.5 Å². The van der Waals surface area contributed by atoms with Gasteiger partial charge >= 0.3 is 5.97 Å². The summed E-state index contributed by atoms with van der Waals surface area (Å²) < 4.78 is 4.60. The van der Waals surface area contributed by atoms with Crippen LogP contribution in [0.2, 0.25) is 0 Å². The monoisotopic (exact) mass is 371 g/mol. The number of nitro groups is 1. The number of benzene rings is 2. The number of carbonyl (C=O) groups is 3. The molecule has 3 N–H and O–H groups in total. The number of para-hydroxylation sites is 1. The van der Waals surface area contributed by atoms with E-state index < -0.39 is 28.7 Å². The van der Waals surface area contributed by atoms with Gasteiger partial charge in [-0.1, -0.05) is 24.3 Å². The van der Waals surface area contributed by atoms with Gasteiger partial charge in [-0.25, -0.2) is 4.79 Å². The maximum Gasteiger partial charge on any atom is 0.337 e. The fourth-order valence-electron chi connectivity index (χ4n) is 2.45. The summed E-state index contributed by atoms with van der Waals surface area (Å²) in [6, 6.07) is 10.4. The second kappa shape index (κ2) is 8.56. The number of primary amides is 1. The number of rotatable bonds is 7. The molecule has 0 spiro atoms. The van der Waals surface area contributed by atoms with Crippen LogP contribution in [0.1, 0.15) is 26.3 Å². The Hall–Kier alpha value is -3.75. The fraction of sp³-hybridized carbons (Fsp3) is 0.167. The van der Waals surface area contributed by atoms with Gasteiger partial charge in [0.05, 0.1) is 17.6 Å². The summed E-state index contributed by atoms with van der Waals surface area (Å²) in [6.45, 7) is 0. The van der Waals surface area contributed by atoms with E-state index in [1.807, 2.05) is 0 Å². The van der Waals surface area contributed by atoms with Crippen LogP contribution < -0.4 is 11.1 Å². The Balaban J connectivity index is 2.22. The van der Waals surface area contributed by atoms with Crippen molar-refractivity contribution in [3.63, 3.8) is 0 Å². The zero-order valence-electron chi connectivity index (χ0n) is 14.4. The van der Waals surface area contributed by atoms with Crippen LogP contribution in [-0.2, 0) is 16.0 Å². The number of carbonyl (C=O) groups excluding carboxylic acids is 3. The average molecular weight is 371 g/mol. The molecule has 9 heteroatoms. The Bertz CT molecular complexity index is 896. The van der Waals surface area contributed by atoms with Crippen molar-refractivity contribution in [3.8, 4) is 0 Å². The minimum Gasteiger partial charge on any atom is -0.465 e. The van der Waals surface area contributed by atoms with Crippen LogP contribution in [0.15, 0.2) is 48.5 Å². The molecule has 0 aliphatic carbocycles. The molecule has 2 amide bonds. The molecule has 0 saturated heterocycles. The van der Waals surface area contributed by atoms with Crippen LogP contribution in [0.4, 0.5) is 5.69 Å². The Morgan fingerprint density at radius 1 is 1.15 bits per heavy atom. The summed E-state index contributed by atoms with van der Waals surface area (Å²) in [4.78, 5) is 46.3. The first-order chi connectivity index (χ1) is 12.8. The lowest BCUT2D eigenvalue weighted by Crippen LogP contribution is -2.46. The van der Waals surface area contributed by atoms with Crippen molar-refractivity contribution in [2.24, 2.45) is 5.73 Å². The molecule has 0 radical (unpaired) electrons. The van der Waals surface area contributed by atoms with E-state index >= 15 is 0 Å². The van der Waals surface area contributed by atoms with E-state index in [-0.39, 0.29) is 28.8 Å². The van der Waals surface area contributed by atoms with Crippen LogP contribution in [0.25, 0.3) is 0 Å². The van der Waals surface area contributed by atoms with Gasteiger partial charge in [0.2, 0.25) is 5.91 Å². The number of esters is 1. The van der Waals surface area contributed by atoms with Crippen molar-refractivity contribution in [2.75, 3.05) is 7.11 Å². The predicted molar refractivity (Wildman–Crippen MR) is 95.0 cm³/mol. The van der Waals surface area contributed by atoms with Crippen LogP contribution >= 0.6 is 0 Å². The van der Waals surface area contributed by atoms with Crippen LogP contribution in [0.3, 0.4) is 0 Å². The second-order valence-electron chi connectivity index (χ2n) is 5.59. The summed E-state index contributed by atoms with van der Waals surface area (Å²) in [7, 11) is 1.21. The summed E-state index contributed by atoms with van der Waals surface area (Å²) in [5.74, 6) is -2.11. The van der Waals surface area contributed by atoms with Crippen molar-refractivity contribution in [3.05, 3.63) is 75.3 Å². The Labute approximate surface area is 154 Å². The SMILES string of the molecule is COC(=O)c1cccc(C(=O)N[C@@H](Cc2ccccc2[N+](=O)[O-])C(N)=O)c1. The van der Waals surface area contributed by atoms with Crippen molar-refractivity contribution in [2.45, 2.75) is 12.5 Å². The van der Waals surface area contributed by atoms with Gasteiger partial charge in [-0.15, -0.1) is 0 Å². The number of nitro benzene ring substituents is 1. The molecule has 140 valence electrons. The smallest absolute Gasteiger partial charge is 0.337 e. The number of hydrogen-bond acceptors (Lipinski definition) is 6.